The van der Waals surface area contributed by atoms with E-state index in [0.717, 1.165) is 42.7 Å². The highest BCUT2D eigenvalue weighted by molar-refractivity contribution is 5.99. The lowest BCUT2D eigenvalue weighted by Gasteiger charge is -2.30. The molecule has 0 spiro atoms. The van der Waals surface area contributed by atoms with Crippen molar-refractivity contribution in [1.29, 1.82) is 0 Å². The number of hydrogen-bond donors (Lipinski definition) is 2. The van der Waals surface area contributed by atoms with Gasteiger partial charge in [-0.15, -0.1) is 0 Å². The van der Waals surface area contributed by atoms with E-state index in [1.54, 1.807) is 12.0 Å². The minimum atomic E-state index is -0.668. The van der Waals surface area contributed by atoms with Crippen LogP contribution in [0.25, 0.3) is 0 Å². The number of rotatable bonds is 5. The van der Waals surface area contributed by atoms with Crippen molar-refractivity contribution in [2.75, 3.05) is 18.6 Å². The largest absolute Gasteiger partial charge is 0.497 e. The number of fused-ring (bicyclic) bond motifs is 1. The number of carbonyl (C=O) groups is 2. The van der Waals surface area contributed by atoms with Crippen LogP contribution in [0.4, 0.5) is 10.5 Å². The lowest BCUT2D eigenvalue weighted by atomic mass is 9.97. The maximum atomic E-state index is 13.1. The molecule has 0 fully saturated rings. The number of primary amides is 1. The van der Waals surface area contributed by atoms with Crippen LogP contribution < -0.4 is 20.7 Å². The molecular formula is C18H27N3O3. The van der Waals surface area contributed by atoms with Gasteiger partial charge in [-0.3, -0.25) is 4.79 Å². The molecule has 1 aliphatic rings. The van der Waals surface area contributed by atoms with E-state index in [4.69, 9.17) is 10.5 Å². The van der Waals surface area contributed by atoms with E-state index in [1.807, 2.05) is 32.0 Å². The molecule has 6 nitrogen and oxygen atoms in total. The van der Waals surface area contributed by atoms with Crippen molar-refractivity contribution >= 4 is 17.6 Å². The van der Waals surface area contributed by atoms with E-state index in [0.29, 0.717) is 6.54 Å². The van der Waals surface area contributed by atoms with Crippen LogP contribution in [-0.4, -0.2) is 31.6 Å². The molecule has 0 saturated heterocycles. The Bertz CT molecular complexity index is 603. The number of amides is 3. The summed E-state index contributed by atoms with van der Waals surface area (Å²) in [5.41, 5.74) is 7.28. The number of carbonyl (C=O) groups excluding carboxylic acids is 2. The molecule has 1 aliphatic heterocycles. The fourth-order valence-corrected chi connectivity index (χ4v) is 3.09. The van der Waals surface area contributed by atoms with Crippen LogP contribution in [0.3, 0.4) is 0 Å². The summed E-state index contributed by atoms with van der Waals surface area (Å²) in [6.45, 7) is 4.59. The summed E-state index contributed by atoms with van der Waals surface area (Å²) in [6.07, 6.45) is 3.63. The number of benzene rings is 1. The summed E-state index contributed by atoms with van der Waals surface area (Å²) in [5.74, 6) is 0.697. The van der Waals surface area contributed by atoms with Crippen molar-refractivity contribution in [3.05, 3.63) is 23.8 Å². The molecule has 24 heavy (non-hydrogen) atoms. The zero-order valence-electron chi connectivity index (χ0n) is 14.7. The number of nitrogens with one attached hydrogen (secondary N) is 1. The van der Waals surface area contributed by atoms with Gasteiger partial charge >= 0.3 is 6.03 Å². The first kappa shape index (κ1) is 18.1. The molecule has 0 unspecified atom stereocenters. The summed E-state index contributed by atoms with van der Waals surface area (Å²) in [7, 11) is 1.64. The Morgan fingerprint density at radius 3 is 2.75 bits per heavy atom. The quantitative estimate of drug-likeness (QED) is 0.868. The Morgan fingerprint density at radius 1 is 1.38 bits per heavy atom. The predicted molar refractivity (Wildman–Crippen MR) is 94.2 cm³/mol. The van der Waals surface area contributed by atoms with Gasteiger partial charge in [0.2, 0.25) is 5.91 Å². The average molecular weight is 333 g/mol. The molecule has 1 aromatic carbocycles. The third-order valence-corrected chi connectivity index (χ3v) is 4.70. The van der Waals surface area contributed by atoms with Gasteiger partial charge in [0.15, 0.2) is 0 Å². The fourth-order valence-electron chi connectivity index (χ4n) is 3.09. The van der Waals surface area contributed by atoms with Gasteiger partial charge in [0, 0.05) is 12.2 Å². The van der Waals surface area contributed by atoms with Crippen LogP contribution in [-0.2, 0) is 11.2 Å². The third-order valence-electron chi connectivity index (χ3n) is 4.70. The molecule has 0 saturated carbocycles. The Kier molecular flexibility index (Phi) is 6.06. The minimum Gasteiger partial charge on any atom is -0.497 e. The smallest absolute Gasteiger partial charge is 0.312 e. The summed E-state index contributed by atoms with van der Waals surface area (Å²) in [5, 5.41) is 2.62. The first-order valence-electron chi connectivity index (χ1n) is 8.52. The lowest BCUT2D eigenvalue weighted by molar-refractivity contribution is -0.121. The first-order chi connectivity index (χ1) is 11.5. The van der Waals surface area contributed by atoms with Crippen molar-refractivity contribution in [2.45, 2.75) is 45.6 Å². The second kappa shape index (κ2) is 8.04. The van der Waals surface area contributed by atoms with E-state index in [1.165, 1.54) is 0 Å². The van der Waals surface area contributed by atoms with E-state index in [-0.39, 0.29) is 11.8 Å². The zero-order valence-corrected chi connectivity index (χ0v) is 14.7. The number of nitrogens with zero attached hydrogens (tertiary/aromatic N) is 1. The molecule has 6 heteroatoms. The summed E-state index contributed by atoms with van der Waals surface area (Å²) >= 11 is 0. The van der Waals surface area contributed by atoms with Gasteiger partial charge < -0.3 is 20.7 Å². The molecule has 3 amide bonds. The Balaban J connectivity index is 2.35. The second-order valence-electron chi connectivity index (χ2n) is 6.31. The van der Waals surface area contributed by atoms with Gasteiger partial charge in [-0.25, -0.2) is 4.79 Å². The molecule has 1 aromatic rings. The first-order valence-corrected chi connectivity index (χ1v) is 8.52. The van der Waals surface area contributed by atoms with Gasteiger partial charge in [-0.1, -0.05) is 20.3 Å². The summed E-state index contributed by atoms with van der Waals surface area (Å²) < 4.78 is 5.30. The molecule has 0 aliphatic carbocycles. The van der Waals surface area contributed by atoms with Crippen LogP contribution in [0, 0.1) is 5.92 Å². The SMILES string of the molecule is CC[C@@H](C)[C@@H](NC(N)=O)C(=O)N1CCCCc2cc(OC)ccc21. The van der Waals surface area contributed by atoms with Crippen LogP contribution in [0.1, 0.15) is 38.7 Å². The maximum absolute atomic E-state index is 13.1. The molecule has 3 N–H and O–H groups in total. The summed E-state index contributed by atoms with van der Waals surface area (Å²) in [4.78, 5) is 26.3. The second-order valence-corrected chi connectivity index (χ2v) is 6.31. The van der Waals surface area contributed by atoms with E-state index >= 15 is 0 Å². The number of aryl methyl sites for hydroxylation is 1. The molecule has 2 rings (SSSR count). The van der Waals surface area contributed by atoms with Gasteiger partial charge in [0.05, 0.1) is 7.11 Å². The van der Waals surface area contributed by atoms with Gasteiger partial charge in [0.1, 0.15) is 11.8 Å². The monoisotopic (exact) mass is 333 g/mol. The standard InChI is InChI=1S/C18H27N3O3/c1-4-12(2)16(20-18(19)23)17(22)21-10-6-5-7-13-11-14(24-3)8-9-15(13)21/h8-9,11-12,16H,4-7,10H2,1-3H3,(H3,19,20,23)/t12-,16-/m1/s1. The van der Waals surface area contributed by atoms with Crippen molar-refractivity contribution in [3.63, 3.8) is 0 Å². The van der Waals surface area contributed by atoms with Crippen molar-refractivity contribution in [2.24, 2.45) is 11.7 Å². The number of methoxy groups -OCH3 is 1. The number of urea groups is 1. The third kappa shape index (κ3) is 3.99. The van der Waals surface area contributed by atoms with Crippen molar-refractivity contribution in [3.8, 4) is 5.75 Å². The number of ether oxygens (including phenoxy) is 1. The highest BCUT2D eigenvalue weighted by atomic mass is 16.5. The molecule has 0 radical (unpaired) electrons. The maximum Gasteiger partial charge on any atom is 0.312 e. The molecular weight excluding hydrogens is 306 g/mol. The topological polar surface area (TPSA) is 84.7 Å². The number of nitrogens with two attached hydrogens (primary N) is 1. The highest BCUT2D eigenvalue weighted by Crippen LogP contribution is 2.31. The predicted octanol–water partition coefficient (Wildman–Crippen LogP) is 2.45. The lowest BCUT2D eigenvalue weighted by Crippen LogP contribution is -2.53. The highest BCUT2D eigenvalue weighted by Gasteiger charge is 2.31. The van der Waals surface area contributed by atoms with E-state index < -0.39 is 12.1 Å². The van der Waals surface area contributed by atoms with E-state index in [2.05, 4.69) is 5.32 Å². The van der Waals surface area contributed by atoms with Gasteiger partial charge in [-0.05, 0) is 48.9 Å². The molecule has 0 bridgehead atoms. The van der Waals surface area contributed by atoms with Crippen LogP contribution in [0.2, 0.25) is 0 Å². The Labute approximate surface area is 143 Å². The minimum absolute atomic E-state index is 0.00921. The van der Waals surface area contributed by atoms with Crippen LogP contribution in [0.15, 0.2) is 18.2 Å². The molecule has 132 valence electrons. The zero-order chi connectivity index (χ0) is 17.7. The summed E-state index contributed by atoms with van der Waals surface area (Å²) in [6, 6.07) is 4.50. The number of anilines is 1. The average Bonchev–Trinajstić information content (AvgIpc) is 2.79. The van der Waals surface area contributed by atoms with Gasteiger partial charge in [0.25, 0.3) is 0 Å². The fraction of sp³-hybridized carbons (Fsp3) is 0.556. The van der Waals surface area contributed by atoms with Crippen LogP contribution in [0.5, 0.6) is 5.75 Å². The van der Waals surface area contributed by atoms with E-state index in [9.17, 15) is 9.59 Å². The molecule has 1 heterocycles. The molecule has 0 aromatic heterocycles. The van der Waals surface area contributed by atoms with Crippen molar-refractivity contribution < 1.29 is 14.3 Å². The van der Waals surface area contributed by atoms with Crippen LogP contribution >= 0.6 is 0 Å². The normalized spacial score (nSPS) is 16.5. The van der Waals surface area contributed by atoms with Crippen molar-refractivity contribution in [1.82, 2.24) is 5.32 Å². The Morgan fingerprint density at radius 2 is 2.12 bits per heavy atom. The number of hydrogen-bond acceptors (Lipinski definition) is 3. The van der Waals surface area contributed by atoms with Gasteiger partial charge in [-0.2, -0.15) is 0 Å². The molecule has 2 atom stereocenters. The Hall–Kier alpha value is -2.24.